The maximum absolute atomic E-state index is 12.0. The largest absolute Gasteiger partial charge is 0.397 e. The monoisotopic (exact) mass is 315 g/mol. The van der Waals surface area contributed by atoms with E-state index in [0.29, 0.717) is 22.7 Å². The van der Waals surface area contributed by atoms with Gasteiger partial charge in [0.05, 0.1) is 16.3 Å². The number of nitrogens with two attached hydrogens (primary N) is 1. The molecule has 0 aliphatic heterocycles. The van der Waals surface area contributed by atoms with Crippen LogP contribution in [-0.4, -0.2) is 32.5 Å². The first-order valence-electron chi connectivity index (χ1n) is 6.61. The summed E-state index contributed by atoms with van der Waals surface area (Å²) in [6, 6.07) is 4.76. The Hall–Kier alpha value is -0.920. The Morgan fingerprint density at radius 3 is 2.65 bits per heavy atom. The van der Waals surface area contributed by atoms with Gasteiger partial charge in [-0.15, -0.1) is 0 Å². The Morgan fingerprint density at radius 2 is 2.10 bits per heavy atom. The van der Waals surface area contributed by atoms with Gasteiger partial charge in [-0.1, -0.05) is 6.92 Å². The highest BCUT2D eigenvalue weighted by Crippen LogP contribution is 2.47. The molecular weight excluding hydrogens is 294 g/mol. The second kappa shape index (κ2) is 5.83. The van der Waals surface area contributed by atoms with Gasteiger partial charge in [-0.25, -0.2) is 13.1 Å². The first kappa shape index (κ1) is 15.5. The number of hydrogen-bond acceptors (Lipinski definition) is 5. The van der Waals surface area contributed by atoms with Crippen molar-refractivity contribution >= 4 is 33.2 Å². The summed E-state index contributed by atoms with van der Waals surface area (Å²) < 4.78 is 26.7. The van der Waals surface area contributed by atoms with E-state index in [9.17, 15) is 8.42 Å². The summed E-state index contributed by atoms with van der Waals surface area (Å²) >= 11 is 1.85. The average molecular weight is 315 g/mol. The summed E-state index contributed by atoms with van der Waals surface area (Å²) in [6.45, 7) is 2.93. The predicted molar refractivity (Wildman–Crippen MR) is 85.7 cm³/mol. The Balaban J connectivity index is 2.17. The van der Waals surface area contributed by atoms with Crippen molar-refractivity contribution in [2.75, 3.05) is 30.4 Å². The lowest BCUT2D eigenvalue weighted by Gasteiger charge is -2.16. The minimum absolute atomic E-state index is 0.241. The van der Waals surface area contributed by atoms with Gasteiger partial charge in [0, 0.05) is 17.8 Å². The van der Waals surface area contributed by atoms with Gasteiger partial charge in [0.1, 0.15) is 0 Å². The van der Waals surface area contributed by atoms with Gasteiger partial charge in [-0.05, 0) is 37.3 Å². The zero-order valence-corrected chi connectivity index (χ0v) is 13.4. The van der Waals surface area contributed by atoms with Crippen LogP contribution < -0.4 is 15.8 Å². The zero-order chi connectivity index (χ0) is 14.8. The molecule has 4 N–H and O–H groups in total. The first-order valence-corrected chi connectivity index (χ1v) is 9.31. The molecule has 0 heterocycles. The van der Waals surface area contributed by atoms with Crippen molar-refractivity contribution in [1.82, 2.24) is 4.72 Å². The fourth-order valence-corrected chi connectivity index (χ4v) is 3.77. The molecule has 0 amide bonds. The van der Waals surface area contributed by atoms with E-state index >= 15 is 0 Å². The Kier molecular flexibility index (Phi) is 4.51. The topological polar surface area (TPSA) is 84.2 Å². The van der Waals surface area contributed by atoms with Crippen molar-refractivity contribution in [3.63, 3.8) is 0 Å². The fraction of sp³-hybridized carbons (Fsp3) is 0.538. The van der Waals surface area contributed by atoms with Gasteiger partial charge in [0.2, 0.25) is 10.0 Å². The highest BCUT2D eigenvalue weighted by atomic mass is 32.2. The van der Waals surface area contributed by atoms with Crippen molar-refractivity contribution in [1.29, 1.82) is 0 Å². The molecule has 20 heavy (non-hydrogen) atoms. The lowest BCUT2D eigenvalue weighted by Crippen LogP contribution is -2.23. The number of sulfonamides is 1. The van der Waals surface area contributed by atoms with Crippen molar-refractivity contribution in [3.8, 4) is 0 Å². The third-order valence-electron chi connectivity index (χ3n) is 3.51. The molecule has 0 bridgehead atoms. The molecule has 0 radical (unpaired) electrons. The van der Waals surface area contributed by atoms with E-state index in [1.807, 2.05) is 11.8 Å². The third-order valence-corrected chi connectivity index (χ3v) is 6.47. The molecule has 5 nitrogen and oxygen atoms in total. The maximum Gasteiger partial charge on any atom is 0.240 e. The van der Waals surface area contributed by atoms with Crippen LogP contribution in [0.2, 0.25) is 0 Å². The molecule has 112 valence electrons. The Morgan fingerprint density at radius 1 is 1.40 bits per heavy atom. The summed E-state index contributed by atoms with van der Waals surface area (Å²) in [5, 5.41) is 3.28. The van der Waals surface area contributed by atoms with Gasteiger partial charge in [0.25, 0.3) is 0 Å². The number of anilines is 2. The van der Waals surface area contributed by atoms with Crippen molar-refractivity contribution < 1.29 is 8.42 Å². The molecule has 0 spiro atoms. The van der Waals surface area contributed by atoms with Crippen LogP contribution in [0.4, 0.5) is 11.4 Å². The standard InChI is InChI=1S/C13H21N3O2S2/c1-3-16-20(17,18)10-4-5-11(14)12(8-10)15-9-13(19-2)6-7-13/h4-5,8,15-16H,3,6-7,9,14H2,1-2H3. The number of nitrogens with one attached hydrogen (secondary N) is 2. The van der Waals surface area contributed by atoms with Crippen LogP contribution in [0.5, 0.6) is 0 Å². The van der Waals surface area contributed by atoms with Crippen molar-refractivity contribution in [2.45, 2.75) is 29.4 Å². The van der Waals surface area contributed by atoms with Crippen LogP contribution in [-0.2, 0) is 10.0 Å². The molecule has 0 aromatic heterocycles. The number of benzene rings is 1. The number of hydrogen-bond donors (Lipinski definition) is 3. The molecule has 1 aromatic carbocycles. The fourth-order valence-electron chi connectivity index (χ4n) is 1.98. The SMILES string of the molecule is CCNS(=O)(=O)c1ccc(N)c(NCC2(SC)CC2)c1. The van der Waals surface area contributed by atoms with Crippen LogP contribution in [0.15, 0.2) is 23.1 Å². The Labute approximate surface area is 124 Å². The van der Waals surface area contributed by atoms with Gasteiger partial charge in [-0.3, -0.25) is 0 Å². The molecule has 1 aliphatic rings. The molecular formula is C13H21N3O2S2. The molecule has 1 saturated carbocycles. The molecule has 0 unspecified atom stereocenters. The lowest BCUT2D eigenvalue weighted by atomic mass is 10.2. The molecule has 0 saturated heterocycles. The van der Waals surface area contributed by atoms with E-state index in [0.717, 1.165) is 6.54 Å². The van der Waals surface area contributed by atoms with Crippen LogP contribution in [0.25, 0.3) is 0 Å². The normalized spacial score (nSPS) is 16.9. The number of thioether (sulfide) groups is 1. The molecule has 2 rings (SSSR count). The van der Waals surface area contributed by atoms with E-state index in [-0.39, 0.29) is 4.90 Å². The number of nitrogen functional groups attached to an aromatic ring is 1. The smallest absolute Gasteiger partial charge is 0.240 e. The van der Waals surface area contributed by atoms with Crippen LogP contribution in [0, 0.1) is 0 Å². The highest BCUT2D eigenvalue weighted by Gasteiger charge is 2.41. The number of rotatable bonds is 7. The van der Waals surface area contributed by atoms with Crippen molar-refractivity contribution in [3.05, 3.63) is 18.2 Å². The average Bonchev–Trinajstić information content (AvgIpc) is 3.18. The van der Waals surface area contributed by atoms with Gasteiger partial charge < -0.3 is 11.1 Å². The molecule has 1 fully saturated rings. The van der Waals surface area contributed by atoms with Gasteiger partial charge >= 0.3 is 0 Å². The van der Waals surface area contributed by atoms with Gasteiger partial charge in [-0.2, -0.15) is 11.8 Å². The predicted octanol–water partition coefficient (Wildman–Crippen LogP) is 1.87. The van der Waals surface area contributed by atoms with Gasteiger partial charge in [0.15, 0.2) is 0 Å². The summed E-state index contributed by atoms with van der Waals surface area (Å²) in [4.78, 5) is 0.241. The Bertz CT molecular complexity index is 583. The molecule has 1 aromatic rings. The first-order chi connectivity index (χ1) is 9.42. The zero-order valence-electron chi connectivity index (χ0n) is 11.8. The van der Waals surface area contributed by atoms with E-state index in [4.69, 9.17) is 5.73 Å². The maximum atomic E-state index is 12.0. The second-order valence-corrected chi connectivity index (χ2v) is 8.03. The van der Waals surface area contributed by atoms with E-state index in [2.05, 4.69) is 16.3 Å². The van der Waals surface area contributed by atoms with E-state index < -0.39 is 10.0 Å². The quantitative estimate of drug-likeness (QED) is 0.669. The van der Waals surface area contributed by atoms with Crippen LogP contribution in [0.3, 0.4) is 0 Å². The summed E-state index contributed by atoms with van der Waals surface area (Å²) in [7, 11) is -3.44. The van der Waals surface area contributed by atoms with E-state index in [1.54, 1.807) is 19.1 Å². The highest BCUT2D eigenvalue weighted by molar-refractivity contribution is 8.00. The summed E-state index contributed by atoms with van der Waals surface area (Å²) in [5.41, 5.74) is 7.16. The molecule has 0 atom stereocenters. The van der Waals surface area contributed by atoms with E-state index in [1.165, 1.54) is 18.9 Å². The minimum Gasteiger partial charge on any atom is -0.397 e. The second-order valence-electron chi connectivity index (χ2n) is 4.99. The molecule has 7 heteroatoms. The van der Waals surface area contributed by atoms with Crippen molar-refractivity contribution in [2.24, 2.45) is 0 Å². The third kappa shape index (κ3) is 3.39. The molecule has 1 aliphatic carbocycles. The van der Waals surface area contributed by atoms with Crippen LogP contribution >= 0.6 is 11.8 Å². The lowest BCUT2D eigenvalue weighted by molar-refractivity contribution is 0.584. The minimum atomic E-state index is -3.44. The summed E-state index contributed by atoms with van der Waals surface area (Å²) in [5.74, 6) is 0. The van der Waals surface area contributed by atoms with Crippen LogP contribution in [0.1, 0.15) is 19.8 Å². The summed E-state index contributed by atoms with van der Waals surface area (Å²) in [6.07, 6.45) is 4.48.